The van der Waals surface area contributed by atoms with Gasteiger partial charge in [0.05, 0.1) is 6.61 Å². The van der Waals surface area contributed by atoms with Gasteiger partial charge in [-0.15, -0.1) is 0 Å². The van der Waals surface area contributed by atoms with Crippen LogP contribution in [0.3, 0.4) is 0 Å². The van der Waals surface area contributed by atoms with Crippen molar-refractivity contribution in [1.82, 2.24) is 4.98 Å². The normalized spacial score (nSPS) is 12.6. The molecular formula is C11H11NO5. The third kappa shape index (κ3) is 2.07. The summed E-state index contributed by atoms with van der Waals surface area (Å²) in [4.78, 5) is 14.5. The number of para-hydroxylation sites is 1. The second-order valence-corrected chi connectivity index (χ2v) is 3.33. The van der Waals surface area contributed by atoms with Crippen molar-refractivity contribution in [2.75, 3.05) is 6.61 Å². The van der Waals surface area contributed by atoms with Crippen LogP contribution >= 0.6 is 0 Å². The van der Waals surface area contributed by atoms with Gasteiger partial charge in [-0.1, -0.05) is 6.07 Å². The molecule has 1 heterocycles. The number of ether oxygens (including phenoxy) is 1. The number of hydrogen-bond acceptors (Lipinski definition) is 5. The number of hydrogen-bond donors (Lipinski definition) is 2. The van der Waals surface area contributed by atoms with E-state index in [9.17, 15) is 9.90 Å². The van der Waals surface area contributed by atoms with Gasteiger partial charge in [0.2, 0.25) is 12.0 Å². The van der Waals surface area contributed by atoms with E-state index in [1.807, 2.05) is 6.92 Å². The van der Waals surface area contributed by atoms with Gasteiger partial charge in [-0.05, 0) is 19.1 Å². The zero-order chi connectivity index (χ0) is 12.4. The lowest BCUT2D eigenvalue weighted by atomic mass is 10.3. The maximum Gasteiger partial charge on any atom is 0.342 e. The molecule has 0 aliphatic rings. The van der Waals surface area contributed by atoms with E-state index in [2.05, 4.69) is 4.98 Å². The Labute approximate surface area is 96.5 Å². The summed E-state index contributed by atoms with van der Waals surface area (Å²) in [6.45, 7) is 2.28. The summed E-state index contributed by atoms with van der Waals surface area (Å²) >= 11 is 0. The Morgan fingerprint density at radius 3 is 3.00 bits per heavy atom. The molecule has 0 spiro atoms. The number of rotatable bonds is 4. The third-order valence-corrected chi connectivity index (χ3v) is 2.16. The molecule has 90 valence electrons. The minimum atomic E-state index is -1.77. The summed E-state index contributed by atoms with van der Waals surface area (Å²) in [5.74, 6) is -1.18. The average Bonchev–Trinajstić information content (AvgIpc) is 2.73. The quantitative estimate of drug-likeness (QED) is 0.833. The molecule has 6 nitrogen and oxygen atoms in total. The summed E-state index contributed by atoms with van der Waals surface area (Å²) < 4.78 is 10.5. The molecule has 0 aliphatic heterocycles. The second kappa shape index (κ2) is 4.42. The molecule has 6 heteroatoms. The van der Waals surface area contributed by atoms with Crippen LogP contribution in [-0.4, -0.2) is 27.8 Å². The average molecular weight is 237 g/mol. The van der Waals surface area contributed by atoms with Crippen LogP contribution in [0.4, 0.5) is 0 Å². The minimum absolute atomic E-state index is 0.250. The molecule has 1 unspecified atom stereocenters. The fourth-order valence-corrected chi connectivity index (χ4v) is 1.43. The SMILES string of the molecule is CCOc1cccc2nc(C(O)C(=O)O)oc12. The summed E-state index contributed by atoms with van der Waals surface area (Å²) in [5, 5.41) is 18.0. The maximum absolute atomic E-state index is 10.6. The Bertz CT molecular complexity index is 548. The number of nitrogens with zero attached hydrogens (tertiary/aromatic N) is 1. The summed E-state index contributed by atoms with van der Waals surface area (Å²) in [7, 11) is 0. The third-order valence-electron chi connectivity index (χ3n) is 2.16. The van der Waals surface area contributed by atoms with Crippen LogP contribution in [0.1, 0.15) is 18.9 Å². The van der Waals surface area contributed by atoms with Crippen LogP contribution in [0.5, 0.6) is 5.75 Å². The van der Waals surface area contributed by atoms with Crippen molar-refractivity contribution in [3.8, 4) is 5.75 Å². The molecule has 1 aromatic heterocycles. The first-order chi connectivity index (χ1) is 8.13. The van der Waals surface area contributed by atoms with E-state index in [0.29, 0.717) is 23.5 Å². The Hall–Kier alpha value is -2.08. The summed E-state index contributed by atoms with van der Waals surface area (Å²) in [5.41, 5.74) is 0.788. The first-order valence-corrected chi connectivity index (χ1v) is 5.06. The number of carboxylic acid groups (broad SMARTS) is 1. The van der Waals surface area contributed by atoms with E-state index >= 15 is 0 Å². The van der Waals surface area contributed by atoms with Gasteiger partial charge >= 0.3 is 5.97 Å². The number of aliphatic hydroxyl groups excluding tert-OH is 1. The number of carboxylic acids is 1. The molecule has 0 fully saturated rings. The Morgan fingerprint density at radius 2 is 2.35 bits per heavy atom. The van der Waals surface area contributed by atoms with E-state index in [-0.39, 0.29) is 5.89 Å². The zero-order valence-corrected chi connectivity index (χ0v) is 9.08. The summed E-state index contributed by atoms with van der Waals surface area (Å²) in [6, 6.07) is 5.06. The number of fused-ring (bicyclic) bond motifs is 1. The Kier molecular flexibility index (Phi) is 2.97. The highest BCUT2D eigenvalue weighted by molar-refractivity contribution is 5.81. The van der Waals surface area contributed by atoms with Gasteiger partial charge in [-0.25, -0.2) is 9.78 Å². The van der Waals surface area contributed by atoms with Crippen LogP contribution in [-0.2, 0) is 4.79 Å². The molecule has 17 heavy (non-hydrogen) atoms. The van der Waals surface area contributed by atoms with Crippen LogP contribution in [0, 0.1) is 0 Å². The molecule has 2 N–H and O–H groups in total. The molecule has 0 saturated heterocycles. The van der Waals surface area contributed by atoms with E-state index in [1.165, 1.54) is 0 Å². The number of benzene rings is 1. The number of aliphatic hydroxyl groups is 1. The van der Waals surface area contributed by atoms with Gasteiger partial charge in [-0.3, -0.25) is 0 Å². The summed E-state index contributed by atoms with van der Waals surface area (Å²) in [6.07, 6.45) is -1.77. The van der Waals surface area contributed by atoms with Crippen molar-refractivity contribution < 1.29 is 24.2 Å². The molecule has 0 saturated carbocycles. The molecule has 1 aromatic carbocycles. The van der Waals surface area contributed by atoms with Gasteiger partial charge in [0.1, 0.15) is 5.52 Å². The lowest BCUT2D eigenvalue weighted by Crippen LogP contribution is -2.10. The first kappa shape index (κ1) is 11.4. The van der Waals surface area contributed by atoms with Crippen LogP contribution in [0.25, 0.3) is 11.1 Å². The second-order valence-electron chi connectivity index (χ2n) is 3.33. The van der Waals surface area contributed by atoms with Gasteiger partial charge in [-0.2, -0.15) is 0 Å². The van der Waals surface area contributed by atoms with Gasteiger partial charge in [0, 0.05) is 0 Å². The van der Waals surface area contributed by atoms with Crippen molar-refractivity contribution in [1.29, 1.82) is 0 Å². The molecule has 0 radical (unpaired) electrons. The predicted molar refractivity (Wildman–Crippen MR) is 57.8 cm³/mol. The van der Waals surface area contributed by atoms with Gasteiger partial charge in [0.15, 0.2) is 11.3 Å². The molecule has 0 aliphatic carbocycles. The van der Waals surface area contributed by atoms with Gasteiger partial charge in [0.25, 0.3) is 0 Å². The number of aliphatic carboxylic acids is 1. The smallest absolute Gasteiger partial charge is 0.342 e. The highest BCUT2D eigenvalue weighted by Gasteiger charge is 2.23. The Balaban J connectivity index is 2.49. The van der Waals surface area contributed by atoms with E-state index in [1.54, 1.807) is 18.2 Å². The van der Waals surface area contributed by atoms with Crippen molar-refractivity contribution in [3.05, 3.63) is 24.1 Å². The monoisotopic (exact) mass is 237 g/mol. The molecule has 2 aromatic rings. The van der Waals surface area contributed by atoms with E-state index in [0.717, 1.165) is 0 Å². The topological polar surface area (TPSA) is 92.8 Å². The highest BCUT2D eigenvalue weighted by Crippen LogP contribution is 2.28. The fourth-order valence-electron chi connectivity index (χ4n) is 1.43. The molecule has 2 rings (SSSR count). The molecule has 0 bridgehead atoms. The van der Waals surface area contributed by atoms with Crippen molar-refractivity contribution in [3.63, 3.8) is 0 Å². The Morgan fingerprint density at radius 1 is 1.59 bits per heavy atom. The van der Waals surface area contributed by atoms with E-state index in [4.69, 9.17) is 14.3 Å². The molecule has 0 amide bonds. The number of oxazole rings is 1. The molecule has 1 atom stereocenters. The maximum atomic E-state index is 10.6. The standard InChI is InChI=1S/C11H11NO5/c1-2-16-7-5-3-4-6-9(7)17-10(12-6)8(13)11(14)15/h3-5,8,13H,2H2,1H3,(H,14,15). The molecular weight excluding hydrogens is 226 g/mol. The van der Waals surface area contributed by atoms with Crippen LogP contribution < -0.4 is 4.74 Å². The first-order valence-electron chi connectivity index (χ1n) is 5.06. The largest absolute Gasteiger partial charge is 0.490 e. The lowest BCUT2D eigenvalue weighted by Gasteiger charge is -2.01. The van der Waals surface area contributed by atoms with E-state index < -0.39 is 12.1 Å². The van der Waals surface area contributed by atoms with Crippen LogP contribution in [0.2, 0.25) is 0 Å². The lowest BCUT2D eigenvalue weighted by molar-refractivity contribution is -0.148. The minimum Gasteiger partial charge on any atom is -0.490 e. The van der Waals surface area contributed by atoms with Crippen molar-refractivity contribution >= 4 is 17.1 Å². The van der Waals surface area contributed by atoms with Crippen molar-refractivity contribution in [2.24, 2.45) is 0 Å². The van der Waals surface area contributed by atoms with Crippen LogP contribution in [0.15, 0.2) is 22.6 Å². The number of aromatic nitrogens is 1. The zero-order valence-electron chi connectivity index (χ0n) is 9.08. The predicted octanol–water partition coefficient (Wildman–Crippen LogP) is 1.34. The number of carbonyl (C=O) groups is 1. The fraction of sp³-hybridized carbons (Fsp3) is 0.273. The van der Waals surface area contributed by atoms with Gasteiger partial charge < -0.3 is 19.4 Å². The highest BCUT2D eigenvalue weighted by atomic mass is 16.5. The van der Waals surface area contributed by atoms with Crippen molar-refractivity contribution in [2.45, 2.75) is 13.0 Å².